The molecule has 0 saturated carbocycles. The molecule has 4 aromatic rings. The van der Waals surface area contributed by atoms with Gasteiger partial charge in [0.15, 0.2) is 0 Å². The first-order valence-corrected chi connectivity index (χ1v) is 15.7. The average molecular weight is 620 g/mol. The normalized spacial score (nSPS) is 12.6. The zero-order valence-electron chi connectivity index (χ0n) is 24.6. The molecule has 2 amide bonds. The Labute approximate surface area is 257 Å². The van der Waals surface area contributed by atoms with E-state index in [1.54, 1.807) is 36.4 Å². The molecule has 0 bridgehead atoms. The summed E-state index contributed by atoms with van der Waals surface area (Å²) >= 11 is 0. The summed E-state index contributed by atoms with van der Waals surface area (Å²) < 4.78 is 58.6. The van der Waals surface area contributed by atoms with Crippen LogP contribution in [-0.4, -0.2) is 43.8 Å². The first kappa shape index (κ1) is 32.3. The van der Waals surface area contributed by atoms with Gasteiger partial charge in [0.25, 0.3) is 10.0 Å². The highest BCUT2D eigenvalue weighted by atomic mass is 32.2. The standard InChI is InChI=1S/C34H35F2N3O4S/c1-3-25(2)37-34(41)32(22-26-14-6-4-7-15-26)38(23-27-16-10-11-19-29(27)35)33(40)24-39(31-21-13-12-20-30(31)36)44(42,43)28-17-8-5-9-18-28/h4-21,25,32H,3,22-24H2,1-2H3,(H,37,41)/t25-,32-/m0/s1. The van der Waals surface area contributed by atoms with Crippen LogP contribution in [0.15, 0.2) is 114 Å². The highest BCUT2D eigenvalue weighted by Gasteiger charge is 2.36. The number of rotatable bonds is 13. The van der Waals surface area contributed by atoms with Gasteiger partial charge in [0.2, 0.25) is 11.8 Å². The van der Waals surface area contributed by atoms with Gasteiger partial charge in [0.05, 0.1) is 10.6 Å². The third-order valence-corrected chi connectivity index (χ3v) is 9.08. The van der Waals surface area contributed by atoms with Crippen molar-refractivity contribution in [2.75, 3.05) is 10.8 Å². The summed E-state index contributed by atoms with van der Waals surface area (Å²) in [6.45, 7) is 2.56. The summed E-state index contributed by atoms with van der Waals surface area (Å²) in [5, 5.41) is 2.92. The molecule has 0 spiro atoms. The Morgan fingerprint density at radius 2 is 1.36 bits per heavy atom. The summed E-state index contributed by atoms with van der Waals surface area (Å²) in [5.74, 6) is -2.72. The Balaban J connectivity index is 1.82. The van der Waals surface area contributed by atoms with Crippen LogP contribution in [0.25, 0.3) is 0 Å². The number of carbonyl (C=O) groups is 2. The van der Waals surface area contributed by atoms with Gasteiger partial charge in [0, 0.05) is 24.6 Å². The molecule has 0 unspecified atom stereocenters. The van der Waals surface area contributed by atoms with Crippen molar-refractivity contribution in [2.45, 2.75) is 50.2 Å². The third kappa shape index (κ3) is 7.87. The number of nitrogens with one attached hydrogen (secondary N) is 1. The van der Waals surface area contributed by atoms with Crippen molar-refractivity contribution in [3.63, 3.8) is 0 Å². The molecule has 1 N–H and O–H groups in total. The van der Waals surface area contributed by atoms with Crippen LogP contribution in [0.3, 0.4) is 0 Å². The van der Waals surface area contributed by atoms with E-state index in [0.717, 1.165) is 11.6 Å². The predicted molar refractivity (Wildman–Crippen MR) is 166 cm³/mol. The summed E-state index contributed by atoms with van der Waals surface area (Å²) in [7, 11) is -4.44. The monoisotopic (exact) mass is 619 g/mol. The van der Waals surface area contributed by atoms with Crippen LogP contribution in [0, 0.1) is 11.6 Å². The van der Waals surface area contributed by atoms with Crippen molar-refractivity contribution in [3.8, 4) is 0 Å². The van der Waals surface area contributed by atoms with Crippen molar-refractivity contribution in [1.82, 2.24) is 10.2 Å². The third-order valence-electron chi connectivity index (χ3n) is 7.30. The molecule has 0 fully saturated rings. The van der Waals surface area contributed by atoms with Gasteiger partial charge < -0.3 is 10.2 Å². The second-order valence-corrected chi connectivity index (χ2v) is 12.3. The number of sulfonamides is 1. The molecule has 0 saturated heterocycles. The first-order valence-electron chi connectivity index (χ1n) is 14.3. The van der Waals surface area contributed by atoms with Gasteiger partial charge in [-0.1, -0.05) is 85.8 Å². The largest absolute Gasteiger partial charge is 0.352 e. The Morgan fingerprint density at radius 3 is 1.98 bits per heavy atom. The minimum Gasteiger partial charge on any atom is -0.352 e. The highest BCUT2D eigenvalue weighted by molar-refractivity contribution is 7.92. The van der Waals surface area contributed by atoms with Gasteiger partial charge in [-0.25, -0.2) is 17.2 Å². The number of amides is 2. The molecular formula is C34H35F2N3O4S. The van der Waals surface area contributed by atoms with Gasteiger partial charge in [-0.3, -0.25) is 13.9 Å². The fourth-order valence-electron chi connectivity index (χ4n) is 4.69. The molecule has 4 rings (SSSR count). The van der Waals surface area contributed by atoms with E-state index >= 15 is 4.39 Å². The maximum atomic E-state index is 15.1. The molecule has 7 nitrogen and oxygen atoms in total. The van der Waals surface area contributed by atoms with Crippen molar-refractivity contribution in [1.29, 1.82) is 0 Å². The topological polar surface area (TPSA) is 86.8 Å². The molecule has 0 radical (unpaired) electrons. The number of halogens is 2. The Kier molecular flexibility index (Phi) is 10.8. The van der Waals surface area contributed by atoms with Gasteiger partial charge in [0.1, 0.15) is 24.2 Å². The average Bonchev–Trinajstić information content (AvgIpc) is 3.03. The highest BCUT2D eigenvalue weighted by Crippen LogP contribution is 2.27. The summed E-state index contributed by atoms with van der Waals surface area (Å²) in [6, 6.07) is 26.1. The van der Waals surface area contributed by atoms with E-state index < -0.39 is 46.1 Å². The Morgan fingerprint density at radius 1 is 0.795 bits per heavy atom. The molecule has 4 aromatic carbocycles. The number of anilines is 1. The zero-order valence-corrected chi connectivity index (χ0v) is 25.4. The zero-order chi connectivity index (χ0) is 31.7. The summed E-state index contributed by atoms with van der Waals surface area (Å²) in [5.41, 5.74) is 0.545. The smallest absolute Gasteiger partial charge is 0.264 e. The lowest BCUT2D eigenvalue weighted by Gasteiger charge is -2.34. The molecule has 10 heteroatoms. The van der Waals surface area contributed by atoms with E-state index in [0.29, 0.717) is 10.7 Å². The summed E-state index contributed by atoms with van der Waals surface area (Å²) in [4.78, 5) is 29.1. The van der Waals surface area contributed by atoms with E-state index in [1.807, 2.05) is 19.9 Å². The van der Waals surface area contributed by atoms with Crippen molar-refractivity contribution >= 4 is 27.5 Å². The number of hydrogen-bond acceptors (Lipinski definition) is 4. The Bertz CT molecular complexity index is 1670. The SMILES string of the molecule is CC[C@H](C)NC(=O)[C@H](Cc1ccccc1)N(Cc1ccccc1F)C(=O)CN(c1ccccc1F)S(=O)(=O)c1ccccc1. The second-order valence-electron chi connectivity index (χ2n) is 10.4. The van der Waals surface area contributed by atoms with Gasteiger partial charge in [-0.2, -0.15) is 0 Å². The maximum absolute atomic E-state index is 15.1. The lowest BCUT2D eigenvalue weighted by atomic mass is 10.0. The van der Waals surface area contributed by atoms with Crippen LogP contribution < -0.4 is 9.62 Å². The van der Waals surface area contributed by atoms with Crippen LogP contribution >= 0.6 is 0 Å². The van der Waals surface area contributed by atoms with E-state index in [-0.39, 0.29) is 35.2 Å². The fourth-order valence-corrected chi connectivity index (χ4v) is 6.14. The van der Waals surface area contributed by atoms with Crippen LogP contribution in [-0.2, 0) is 32.6 Å². The number of hydrogen-bond donors (Lipinski definition) is 1. The quantitative estimate of drug-likeness (QED) is 0.208. The van der Waals surface area contributed by atoms with Crippen LogP contribution in [0.5, 0.6) is 0 Å². The van der Waals surface area contributed by atoms with Crippen LogP contribution in [0.2, 0.25) is 0 Å². The summed E-state index contributed by atoms with van der Waals surface area (Å²) in [6.07, 6.45) is 0.704. The van der Waals surface area contributed by atoms with Gasteiger partial charge >= 0.3 is 0 Å². The lowest BCUT2D eigenvalue weighted by molar-refractivity contribution is -0.140. The number of para-hydroxylation sites is 1. The number of carbonyl (C=O) groups excluding carboxylic acids is 2. The Hall–Kier alpha value is -4.57. The van der Waals surface area contributed by atoms with E-state index in [9.17, 15) is 22.4 Å². The van der Waals surface area contributed by atoms with Crippen molar-refractivity contribution < 1.29 is 26.8 Å². The van der Waals surface area contributed by atoms with E-state index in [4.69, 9.17) is 0 Å². The molecule has 0 aliphatic heterocycles. The predicted octanol–water partition coefficient (Wildman–Crippen LogP) is 5.71. The molecule has 0 aromatic heterocycles. The maximum Gasteiger partial charge on any atom is 0.264 e. The molecule has 44 heavy (non-hydrogen) atoms. The van der Waals surface area contributed by atoms with Crippen molar-refractivity contribution in [3.05, 3.63) is 132 Å². The lowest BCUT2D eigenvalue weighted by Crippen LogP contribution is -2.54. The minimum atomic E-state index is -4.44. The molecular weight excluding hydrogens is 584 g/mol. The van der Waals surface area contributed by atoms with Crippen LogP contribution in [0.1, 0.15) is 31.4 Å². The molecule has 0 aliphatic carbocycles. The van der Waals surface area contributed by atoms with Gasteiger partial charge in [-0.05, 0) is 49.2 Å². The second kappa shape index (κ2) is 14.7. The van der Waals surface area contributed by atoms with Crippen LogP contribution in [0.4, 0.5) is 14.5 Å². The fraction of sp³-hybridized carbons (Fsp3) is 0.235. The molecule has 0 aliphatic rings. The first-order chi connectivity index (χ1) is 21.1. The number of nitrogens with zero attached hydrogens (tertiary/aromatic N) is 2. The molecule has 2 atom stereocenters. The van der Waals surface area contributed by atoms with E-state index in [2.05, 4.69) is 5.32 Å². The van der Waals surface area contributed by atoms with Crippen molar-refractivity contribution in [2.24, 2.45) is 0 Å². The number of benzene rings is 4. The minimum absolute atomic E-state index is 0.0778. The molecule has 230 valence electrons. The van der Waals surface area contributed by atoms with Gasteiger partial charge in [-0.15, -0.1) is 0 Å². The van der Waals surface area contributed by atoms with E-state index in [1.165, 1.54) is 65.6 Å². The molecule has 0 heterocycles.